The fraction of sp³-hybridized carbons (Fsp3) is 0.385. The monoisotopic (exact) mass is 248 g/mol. The Bertz CT molecular complexity index is 494. The van der Waals surface area contributed by atoms with Crippen LogP contribution in [0.2, 0.25) is 0 Å². The first-order chi connectivity index (χ1) is 8.02. The Morgan fingerprint density at radius 1 is 1.53 bits per heavy atom. The summed E-state index contributed by atoms with van der Waals surface area (Å²) in [6.45, 7) is 3.31. The molecule has 0 aromatic carbocycles. The molecule has 0 spiro atoms. The molecular weight excluding hydrogens is 232 g/mol. The predicted octanol–water partition coefficient (Wildman–Crippen LogP) is 2.86. The molecule has 90 valence electrons. The van der Waals surface area contributed by atoms with Gasteiger partial charge in [0.25, 0.3) is 0 Å². The van der Waals surface area contributed by atoms with E-state index in [-0.39, 0.29) is 11.7 Å². The number of nitriles is 1. The first kappa shape index (κ1) is 13.6. The molecule has 4 heteroatoms. The molecule has 0 fully saturated rings. The van der Waals surface area contributed by atoms with Crippen LogP contribution in [0.1, 0.15) is 25.5 Å². The van der Waals surface area contributed by atoms with Gasteiger partial charge in [0.2, 0.25) is 0 Å². The molecule has 0 radical (unpaired) electrons. The minimum Gasteiger partial charge on any atom is -0.353 e. The third-order valence-corrected chi connectivity index (χ3v) is 3.77. The summed E-state index contributed by atoms with van der Waals surface area (Å²) in [7, 11) is 1.90. The summed E-state index contributed by atoms with van der Waals surface area (Å²) in [5, 5.41) is 9.33. The summed E-state index contributed by atoms with van der Waals surface area (Å²) >= 11 is 1.47. The highest BCUT2D eigenvalue weighted by Gasteiger charge is 2.21. The molecule has 17 heavy (non-hydrogen) atoms. The van der Waals surface area contributed by atoms with Gasteiger partial charge >= 0.3 is 0 Å². The molecule has 0 aliphatic rings. The van der Waals surface area contributed by atoms with Gasteiger partial charge in [-0.3, -0.25) is 4.79 Å². The molecule has 0 bridgehead atoms. The Kier molecular flexibility index (Phi) is 4.59. The van der Waals surface area contributed by atoms with Gasteiger partial charge in [-0.05, 0) is 32.2 Å². The van der Waals surface area contributed by atoms with Gasteiger partial charge in [0, 0.05) is 29.4 Å². The largest absolute Gasteiger partial charge is 0.353 e. The zero-order valence-corrected chi connectivity index (χ0v) is 11.3. The summed E-state index contributed by atoms with van der Waals surface area (Å²) in [6.07, 6.45) is 3.80. The van der Waals surface area contributed by atoms with E-state index in [0.29, 0.717) is 5.57 Å². The Labute approximate surface area is 106 Å². The van der Waals surface area contributed by atoms with Crippen molar-refractivity contribution >= 4 is 17.5 Å². The smallest absolute Gasteiger partial charge is 0.156 e. The van der Waals surface area contributed by atoms with E-state index in [1.165, 1.54) is 18.7 Å². The number of nitrogens with zero attached hydrogens (tertiary/aromatic N) is 2. The van der Waals surface area contributed by atoms with Crippen LogP contribution < -0.4 is 0 Å². The standard InChI is InChI=1S/C13H16N2OS/c1-9(10(2)16)13(17-4)11(8-14)12-6-5-7-15(12)3/h5-7,11H,1-4H3/b13-9+. The lowest BCUT2D eigenvalue weighted by atomic mass is 10.0. The molecule has 0 amide bonds. The third-order valence-electron chi connectivity index (χ3n) is 2.79. The topological polar surface area (TPSA) is 45.8 Å². The molecule has 1 aromatic heterocycles. The zero-order valence-electron chi connectivity index (χ0n) is 10.5. The Morgan fingerprint density at radius 3 is 2.53 bits per heavy atom. The van der Waals surface area contributed by atoms with Crippen molar-refractivity contribution in [2.24, 2.45) is 7.05 Å². The van der Waals surface area contributed by atoms with Crippen LogP contribution in [0.4, 0.5) is 0 Å². The highest BCUT2D eigenvalue weighted by atomic mass is 32.2. The zero-order chi connectivity index (χ0) is 13.0. The number of rotatable bonds is 4. The number of carbonyl (C=O) groups is 1. The van der Waals surface area contributed by atoms with E-state index in [2.05, 4.69) is 6.07 Å². The molecule has 1 aromatic rings. The van der Waals surface area contributed by atoms with Crippen molar-refractivity contribution in [3.05, 3.63) is 34.5 Å². The van der Waals surface area contributed by atoms with Crippen LogP contribution in [-0.4, -0.2) is 16.6 Å². The Hall–Kier alpha value is -1.47. The molecule has 1 unspecified atom stereocenters. The van der Waals surface area contributed by atoms with Crippen molar-refractivity contribution in [1.29, 1.82) is 5.26 Å². The molecular formula is C13H16N2OS. The first-order valence-electron chi connectivity index (χ1n) is 5.29. The van der Waals surface area contributed by atoms with Crippen LogP contribution in [0.5, 0.6) is 0 Å². The lowest BCUT2D eigenvalue weighted by Crippen LogP contribution is -2.07. The van der Waals surface area contributed by atoms with Crippen molar-refractivity contribution in [2.75, 3.05) is 6.26 Å². The van der Waals surface area contributed by atoms with E-state index in [1.807, 2.05) is 36.2 Å². The van der Waals surface area contributed by atoms with Crippen molar-refractivity contribution < 1.29 is 4.79 Å². The summed E-state index contributed by atoms with van der Waals surface area (Å²) in [6, 6.07) is 6.10. The van der Waals surface area contributed by atoms with E-state index < -0.39 is 0 Å². The molecule has 1 heterocycles. The van der Waals surface area contributed by atoms with Gasteiger partial charge < -0.3 is 4.57 Å². The first-order valence-corrected chi connectivity index (χ1v) is 6.52. The summed E-state index contributed by atoms with van der Waals surface area (Å²) < 4.78 is 1.91. The van der Waals surface area contributed by atoms with Gasteiger partial charge in [0.1, 0.15) is 5.92 Å². The minimum atomic E-state index is -0.367. The number of hydrogen-bond acceptors (Lipinski definition) is 3. The number of thioether (sulfide) groups is 1. The van der Waals surface area contributed by atoms with Gasteiger partial charge in [-0.15, -0.1) is 11.8 Å². The molecule has 1 rings (SSSR count). The van der Waals surface area contributed by atoms with Gasteiger partial charge in [0.15, 0.2) is 5.78 Å². The van der Waals surface area contributed by atoms with Crippen molar-refractivity contribution in [3.8, 4) is 6.07 Å². The van der Waals surface area contributed by atoms with E-state index in [9.17, 15) is 10.1 Å². The second kappa shape index (κ2) is 5.74. The molecule has 0 saturated carbocycles. The van der Waals surface area contributed by atoms with Crippen molar-refractivity contribution in [1.82, 2.24) is 4.57 Å². The van der Waals surface area contributed by atoms with Crippen LogP contribution in [-0.2, 0) is 11.8 Å². The maximum absolute atomic E-state index is 11.4. The lowest BCUT2D eigenvalue weighted by molar-refractivity contribution is -0.113. The molecule has 0 saturated heterocycles. The number of allylic oxidation sites excluding steroid dienone is 2. The Balaban J connectivity index is 3.28. The normalized spacial score (nSPS) is 13.8. The highest BCUT2D eigenvalue weighted by Crippen LogP contribution is 2.33. The molecule has 1 atom stereocenters. The molecule has 0 aliphatic carbocycles. The summed E-state index contributed by atoms with van der Waals surface area (Å²) in [4.78, 5) is 12.3. The van der Waals surface area contributed by atoms with E-state index in [0.717, 1.165) is 10.6 Å². The van der Waals surface area contributed by atoms with Gasteiger partial charge in [0.05, 0.1) is 6.07 Å². The maximum Gasteiger partial charge on any atom is 0.156 e. The number of ketones is 1. The SMILES string of the molecule is CS/C(=C(\C)C(C)=O)C(C#N)c1cccn1C. The van der Waals surface area contributed by atoms with Gasteiger partial charge in [-0.25, -0.2) is 0 Å². The van der Waals surface area contributed by atoms with Crippen LogP contribution >= 0.6 is 11.8 Å². The van der Waals surface area contributed by atoms with Crippen LogP contribution in [0, 0.1) is 11.3 Å². The quantitative estimate of drug-likeness (QED) is 0.770. The van der Waals surface area contributed by atoms with Crippen molar-refractivity contribution in [3.63, 3.8) is 0 Å². The fourth-order valence-electron chi connectivity index (χ4n) is 1.69. The molecule has 0 N–H and O–H groups in total. The van der Waals surface area contributed by atoms with Crippen LogP contribution in [0.25, 0.3) is 0 Å². The average molecular weight is 248 g/mol. The minimum absolute atomic E-state index is 0.0174. The van der Waals surface area contributed by atoms with Gasteiger partial charge in [-0.1, -0.05) is 0 Å². The number of Topliss-reactive ketones (excluding diaryl/α,β-unsaturated/α-hetero) is 1. The fourth-order valence-corrected chi connectivity index (χ4v) is 2.55. The number of aromatic nitrogens is 1. The van der Waals surface area contributed by atoms with E-state index in [1.54, 1.807) is 6.92 Å². The number of carbonyl (C=O) groups excluding carboxylic acids is 1. The second-order valence-electron chi connectivity index (χ2n) is 3.86. The van der Waals surface area contributed by atoms with E-state index >= 15 is 0 Å². The number of hydrogen-bond donors (Lipinski definition) is 0. The molecule has 3 nitrogen and oxygen atoms in total. The van der Waals surface area contributed by atoms with Crippen LogP contribution in [0.3, 0.4) is 0 Å². The third kappa shape index (κ3) is 2.80. The molecule has 0 aliphatic heterocycles. The highest BCUT2D eigenvalue weighted by molar-refractivity contribution is 8.02. The summed E-state index contributed by atoms with van der Waals surface area (Å²) in [5.41, 5.74) is 1.59. The van der Waals surface area contributed by atoms with Gasteiger partial charge in [-0.2, -0.15) is 5.26 Å². The predicted molar refractivity (Wildman–Crippen MR) is 70.7 cm³/mol. The Morgan fingerprint density at radius 2 is 2.18 bits per heavy atom. The average Bonchev–Trinajstić information content (AvgIpc) is 2.71. The number of aryl methyl sites for hydroxylation is 1. The summed E-state index contributed by atoms with van der Waals surface area (Å²) in [5.74, 6) is -0.349. The van der Waals surface area contributed by atoms with Crippen LogP contribution in [0.15, 0.2) is 28.8 Å². The van der Waals surface area contributed by atoms with E-state index in [4.69, 9.17) is 0 Å². The van der Waals surface area contributed by atoms with Crippen molar-refractivity contribution in [2.45, 2.75) is 19.8 Å². The second-order valence-corrected chi connectivity index (χ2v) is 4.70. The lowest BCUT2D eigenvalue weighted by Gasteiger charge is -2.15. The maximum atomic E-state index is 11.4.